The molecule has 0 spiro atoms. The third-order valence-electron chi connectivity index (χ3n) is 6.28. The van der Waals surface area contributed by atoms with Crippen LogP contribution in [0.5, 0.6) is 11.6 Å². The summed E-state index contributed by atoms with van der Waals surface area (Å²) in [5, 5.41) is 16.2. The number of ether oxygens (including phenoxy) is 1. The third kappa shape index (κ3) is 5.64. The molecule has 1 saturated carbocycles. The number of fused-ring (bicyclic) bond motifs is 1. The Morgan fingerprint density at radius 3 is 2.61 bits per heavy atom. The molecule has 2 heterocycles. The van der Waals surface area contributed by atoms with Gasteiger partial charge in [0.05, 0.1) is 31.5 Å². The number of hydrogen-bond acceptors (Lipinski definition) is 7. The summed E-state index contributed by atoms with van der Waals surface area (Å²) in [4.78, 5) is 32.6. The van der Waals surface area contributed by atoms with Crippen LogP contribution >= 0.6 is 43.5 Å². The lowest BCUT2D eigenvalue weighted by Crippen LogP contribution is -2.25. The molecule has 12 heteroatoms. The van der Waals surface area contributed by atoms with Crippen LogP contribution in [-0.2, 0) is 0 Å². The van der Waals surface area contributed by atoms with Crippen molar-refractivity contribution in [3.63, 3.8) is 0 Å². The summed E-state index contributed by atoms with van der Waals surface area (Å²) in [7, 11) is 0. The topological polar surface area (TPSA) is 113 Å². The lowest BCUT2D eigenvalue weighted by Gasteiger charge is -2.22. The molecule has 0 N–H and O–H groups in total. The van der Waals surface area contributed by atoms with Crippen molar-refractivity contribution in [3.05, 3.63) is 94.5 Å². The van der Waals surface area contributed by atoms with E-state index in [1.807, 2.05) is 12.1 Å². The summed E-state index contributed by atoms with van der Waals surface area (Å²) in [6.45, 7) is 0. The van der Waals surface area contributed by atoms with Gasteiger partial charge in [0.2, 0.25) is 5.88 Å². The summed E-state index contributed by atoms with van der Waals surface area (Å²) in [5.41, 5.74) is 0.897. The summed E-state index contributed by atoms with van der Waals surface area (Å²) in [6, 6.07) is 11.6. The van der Waals surface area contributed by atoms with E-state index in [0.717, 1.165) is 36.4 Å². The Labute approximate surface area is 238 Å². The van der Waals surface area contributed by atoms with Crippen LogP contribution in [0.15, 0.2) is 67.5 Å². The summed E-state index contributed by atoms with van der Waals surface area (Å²) < 4.78 is 8.45. The van der Waals surface area contributed by atoms with E-state index >= 15 is 0 Å². The van der Waals surface area contributed by atoms with Crippen LogP contribution < -0.4 is 10.3 Å². The smallest absolute Gasteiger partial charge is 0.287 e. The quantitative estimate of drug-likeness (QED) is 0.120. The molecule has 1 fully saturated rings. The molecule has 194 valence electrons. The fourth-order valence-electron chi connectivity index (χ4n) is 4.42. The fourth-order valence-corrected chi connectivity index (χ4v) is 5.72. The van der Waals surface area contributed by atoms with Gasteiger partial charge in [-0.2, -0.15) is 9.78 Å². The van der Waals surface area contributed by atoms with Crippen LogP contribution in [0.25, 0.3) is 10.9 Å². The first-order valence-electron chi connectivity index (χ1n) is 11.8. The van der Waals surface area contributed by atoms with Crippen LogP contribution in [0.2, 0.25) is 5.02 Å². The van der Waals surface area contributed by atoms with Crippen molar-refractivity contribution >= 4 is 66.3 Å². The van der Waals surface area contributed by atoms with Crippen molar-refractivity contribution in [1.29, 1.82) is 0 Å². The molecule has 0 atom stereocenters. The van der Waals surface area contributed by atoms with Crippen molar-refractivity contribution in [2.75, 3.05) is 0 Å². The van der Waals surface area contributed by atoms with E-state index in [0.29, 0.717) is 32.5 Å². The van der Waals surface area contributed by atoms with Gasteiger partial charge in [-0.1, -0.05) is 46.8 Å². The number of pyridine rings is 1. The SMILES string of the molecule is O=c1c2cc(Br)ccc2nc(C2CCCCC2)n1N=Cc1cc(Cl)c(Oc2ccc([N+](=O)[O-])cn2)c(Br)c1. The molecule has 0 aliphatic heterocycles. The summed E-state index contributed by atoms with van der Waals surface area (Å²) in [6.07, 6.45) is 7.96. The monoisotopic (exact) mass is 659 g/mol. The van der Waals surface area contributed by atoms with E-state index in [1.54, 1.807) is 24.4 Å². The number of hydrogen-bond donors (Lipinski definition) is 0. The van der Waals surface area contributed by atoms with E-state index in [9.17, 15) is 14.9 Å². The van der Waals surface area contributed by atoms with Crippen molar-refractivity contribution < 1.29 is 9.66 Å². The molecule has 0 unspecified atom stereocenters. The fraction of sp³-hybridized carbons (Fsp3) is 0.231. The van der Waals surface area contributed by atoms with Crippen LogP contribution in [0, 0.1) is 10.1 Å². The molecular formula is C26H20Br2ClN5O4. The van der Waals surface area contributed by atoms with Gasteiger partial charge in [0.15, 0.2) is 5.75 Å². The van der Waals surface area contributed by atoms with Gasteiger partial charge in [0.1, 0.15) is 12.0 Å². The molecule has 0 saturated heterocycles. The zero-order valence-electron chi connectivity index (χ0n) is 19.8. The van der Waals surface area contributed by atoms with Gasteiger partial charge in [0.25, 0.3) is 11.2 Å². The number of nitro groups is 1. The number of rotatable bonds is 6. The minimum atomic E-state index is -0.539. The molecule has 1 aliphatic rings. The second-order valence-corrected chi connectivity index (χ2v) is 11.0. The second-order valence-electron chi connectivity index (χ2n) is 8.86. The summed E-state index contributed by atoms with van der Waals surface area (Å²) in [5.74, 6) is 1.26. The largest absolute Gasteiger partial charge is 0.436 e. The highest BCUT2D eigenvalue weighted by Crippen LogP contribution is 2.37. The average Bonchev–Trinajstić information content (AvgIpc) is 2.91. The van der Waals surface area contributed by atoms with Crippen molar-refractivity contribution in [3.8, 4) is 11.6 Å². The Morgan fingerprint density at radius 1 is 1.13 bits per heavy atom. The predicted octanol–water partition coefficient (Wildman–Crippen LogP) is 7.60. The van der Waals surface area contributed by atoms with E-state index < -0.39 is 4.92 Å². The van der Waals surface area contributed by atoms with Crippen LogP contribution in [0.3, 0.4) is 0 Å². The molecule has 1 aliphatic carbocycles. The lowest BCUT2D eigenvalue weighted by molar-refractivity contribution is -0.385. The van der Waals surface area contributed by atoms with Gasteiger partial charge >= 0.3 is 0 Å². The minimum absolute atomic E-state index is 0.146. The van der Waals surface area contributed by atoms with Gasteiger partial charge in [-0.3, -0.25) is 14.9 Å². The van der Waals surface area contributed by atoms with E-state index in [-0.39, 0.29) is 28.1 Å². The van der Waals surface area contributed by atoms with Crippen molar-refractivity contribution in [2.45, 2.75) is 38.0 Å². The minimum Gasteiger partial charge on any atom is -0.436 e. The Bertz CT molecular complexity index is 1600. The molecule has 2 aromatic heterocycles. The zero-order chi connectivity index (χ0) is 26.8. The number of nitrogens with zero attached hydrogens (tertiary/aromatic N) is 5. The van der Waals surface area contributed by atoms with Gasteiger partial charge in [-0.15, -0.1) is 0 Å². The molecule has 38 heavy (non-hydrogen) atoms. The molecule has 9 nitrogen and oxygen atoms in total. The van der Waals surface area contributed by atoms with Gasteiger partial charge < -0.3 is 4.74 Å². The molecular weight excluding hydrogens is 642 g/mol. The Balaban J connectivity index is 1.49. The average molecular weight is 662 g/mol. The molecule has 0 amide bonds. The normalized spacial score (nSPS) is 14.3. The number of aromatic nitrogens is 3. The molecule has 0 radical (unpaired) electrons. The Kier molecular flexibility index (Phi) is 7.87. The predicted molar refractivity (Wildman–Crippen MR) is 153 cm³/mol. The number of halogens is 3. The maximum Gasteiger partial charge on any atom is 0.287 e. The van der Waals surface area contributed by atoms with Gasteiger partial charge in [0, 0.05) is 22.5 Å². The third-order valence-corrected chi connectivity index (χ3v) is 7.65. The van der Waals surface area contributed by atoms with Crippen LogP contribution in [0.1, 0.15) is 49.4 Å². The Hall–Kier alpha value is -3.15. The maximum absolute atomic E-state index is 13.5. The summed E-state index contributed by atoms with van der Waals surface area (Å²) >= 11 is 13.4. The van der Waals surface area contributed by atoms with E-state index in [2.05, 4.69) is 41.9 Å². The first-order chi connectivity index (χ1) is 18.3. The van der Waals surface area contributed by atoms with Crippen molar-refractivity contribution in [2.24, 2.45) is 5.10 Å². The van der Waals surface area contributed by atoms with Gasteiger partial charge in [-0.25, -0.2) is 9.97 Å². The standard InChI is InChI=1S/C26H20Br2ClN5O4/c27-17-6-8-22-19(12-17)26(35)33(25(32-22)16-4-2-1-3-5-16)31-13-15-10-20(28)24(21(29)11-15)38-23-9-7-18(14-30-23)34(36)37/h6-14,16H,1-5H2. The Morgan fingerprint density at radius 2 is 1.92 bits per heavy atom. The molecule has 2 aromatic carbocycles. The second kappa shape index (κ2) is 11.3. The van der Waals surface area contributed by atoms with Gasteiger partial charge in [-0.05, 0) is 64.7 Å². The molecule has 4 aromatic rings. The molecule has 0 bridgehead atoms. The highest BCUT2D eigenvalue weighted by molar-refractivity contribution is 9.10. The highest BCUT2D eigenvalue weighted by atomic mass is 79.9. The highest BCUT2D eigenvalue weighted by Gasteiger charge is 2.22. The van der Waals surface area contributed by atoms with Crippen molar-refractivity contribution in [1.82, 2.24) is 14.6 Å². The van der Waals surface area contributed by atoms with Crippen LogP contribution in [-0.4, -0.2) is 25.8 Å². The maximum atomic E-state index is 13.5. The lowest BCUT2D eigenvalue weighted by atomic mass is 9.88. The first kappa shape index (κ1) is 26.5. The van der Waals surface area contributed by atoms with E-state index in [1.165, 1.54) is 23.2 Å². The zero-order valence-corrected chi connectivity index (χ0v) is 23.7. The number of benzene rings is 2. The van der Waals surface area contributed by atoms with Crippen LogP contribution in [0.4, 0.5) is 5.69 Å². The van der Waals surface area contributed by atoms with E-state index in [4.69, 9.17) is 21.3 Å². The molecule has 5 rings (SSSR count). The first-order valence-corrected chi connectivity index (χ1v) is 13.8.